The Labute approximate surface area is 105 Å². The van der Waals surface area contributed by atoms with Gasteiger partial charge in [-0.3, -0.25) is 16.1 Å². The number of benzene rings is 2. The van der Waals surface area contributed by atoms with Crippen molar-refractivity contribution in [1.82, 2.24) is 5.43 Å². The fraction of sp³-hybridized carbons (Fsp3) is 0. The lowest BCUT2D eigenvalue weighted by Crippen LogP contribution is -2.31. The van der Waals surface area contributed by atoms with E-state index in [0.29, 0.717) is 11.3 Å². The van der Waals surface area contributed by atoms with Gasteiger partial charge in [0.05, 0.1) is 11.3 Å². The van der Waals surface area contributed by atoms with Crippen molar-refractivity contribution in [2.75, 3.05) is 5.43 Å². The van der Waals surface area contributed by atoms with E-state index in [2.05, 4.69) is 10.9 Å². The molecule has 5 heteroatoms. The van der Waals surface area contributed by atoms with E-state index in [1.165, 1.54) is 0 Å². The summed E-state index contributed by atoms with van der Waals surface area (Å²) in [7, 11) is 0. The average Bonchev–Trinajstić information content (AvgIpc) is 2.46. The van der Waals surface area contributed by atoms with Crippen LogP contribution in [0.2, 0.25) is 0 Å². The van der Waals surface area contributed by atoms with Crippen LogP contribution >= 0.6 is 0 Å². The van der Waals surface area contributed by atoms with Crippen molar-refractivity contribution in [2.45, 2.75) is 0 Å². The minimum absolute atomic E-state index is 0.388. The zero-order valence-electron chi connectivity index (χ0n) is 9.68. The van der Waals surface area contributed by atoms with Gasteiger partial charge < -0.3 is 5.43 Å². The van der Waals surface area contributed by atoms with Crippen LogP contribution in [-0.4, -0.2) is 5.91 Å². The fourth-order valence-electron chi connectivity index (χ4n) is 1.83. The first-order valence-corrected chi connectivity index (χ1v) is 5.44. The summed E-state index contributed by atoms with van der Waals surface area (Å²) in [5.74, 6) is 10.3. The zero-order chi connectivity index (χ0) is 13.0. The van der Waals surface area contributed by atoms with Crippen LogP contribution in [0.25, 0.3) is 11.1 Å². The summed E-state index contributed by atoms with van der Waals surface area (Å²) in [6, 6.07) is 15.0. The summed E-state index contributed by atoms with van der Waals surface area (Å²) in [5.41, 5.74) is 7.43. The number of carbonyl (C=O) groups excluding carboxylic acids is 1. The Balaban J connectivity index is 2.59. The third-order valence-corrected chi connectivity index (χ3v) is 2.67. The van der Waals surface area contributed by atoms with Crippen molar-refractivity contribution in [3.8, 4) is 11.1 Å². The standard InChI is InChI=1S/C13H14N4O/c14-16-12-10(9-5-2-1-3-6-9)7-4-8-11(12)13(18)17-15/h1-8,16H,14-15H2,(H,17,18). The molecule has 0 aromatic heterocycles. The lowest BCUT2D eigenvalue weighted by atomic mass is 10.00. The summed E-state index contributed by atoms with van der Waals surface area (Å²) in [6.07, 6.45) is 0. The van der Waals surface area contributed by atoms with E-state index in [1.54, 1.807) is 12.1 Å². The number of amides is 1. The highest BCUT2D eigenvalue weighted by Crippen LogP contribution is 2.30. The van der Waals surface area contributed by atoms with Gasteiger partial charge in [-0.1, -0.05) is 42.5 Å². The molecule has 2 aromatic rings. The maximum Gasteiger partial charge on any atom is 0.267 e. The molecule has 18 heavy (non-hydrogen) atoms. The van der Waals surface area contributed by atoms with E-state index >= 15 is 0 Å². The Morgan fingerprint density at radius 1 is 0.944 bits per heavy atom. The van der Waals surface area contributed by atoms with Crippen molar-refractivity contribution in [3.05, 3.63) is 54.1 Å². The molecular weight excluding hydrogens is 228 g/mol. The average molecular weight is 242 g/mol. The Hall–Kier alpha value is -2.37. The van der Waals surface area contributed by atoms with Gasteiger partial charge in [0.2, 0.25) is 0 Å². The predicted octanol–water partition coefficient (Wildman–Crippen LogP) is 1.24. The molecule has 1 amide bonds. The highest BCUT2D eigenvalue weighted by Gasteiger charge is 2.13. The molecule has 0 bridgehead atoms. The van der Waals surface area contributed by atoms with E-state index in [1.807, 2.05) is 36.4 Å². The smallest absolute Gasteiger partial charge is 0.267 e. The summed E-state index contributed by atoms with van der Waals surface area (Å²) in [5, 5.41) is 0. The first kappa shape index (κ1) is 12.1. The summed E-state index contributed by atoms with van der Waals surface area (Å²) >= 11 is 0. The molecule has 0 radical (unpaired) electrons. The van der Waals surface area contributed by atoms with Crippen molar-refractivity contribution in [2.24, 2.45) is 11.7 Å². The minimum Gasteiger partial charge on any atom is -0.323 e. The maximum atomic E-state index is 11.6. The molecular formula is C13H14N4O. The molecule has 5 nitrogen and oxygen atoms in total. The molecule has 0 saturated carbocycles. The van der Waals surface area contributed by atoms with Crippen LogP contribution in [0.1, 0.15) is 10.4 Å². The highest BCUT2D eigenvalue weighted by atomic mass is 16.2. The molecule has 0 unspecified atom stereocenters. The normalized spacial score (nSPS) is 9.89. The second-order valence-corrected chi connectivity index (χ2v) is 3.71. The number of carbonyl (C=O) groups is 1. The number of nitrogens with two attached hydrogens (primary N) is 2. The largest absolute Gasteiger partial charge is 0.323 e. The van der Waals surface area contributed by atoms with E-state index in [0.717, 1.165) is 11.1 Å². The molecule has 0 aliphatic heterocycles. The van der Waals surface area contributed by atoms with Crippen LogP contribution < -0.4 is 22.5 Å². The molecule has 6 N–H and O–H groups in total. The number of hydrogen-bond acceptors (Lipinski definition) is 4. The first-order chi connectivity index (χ1) is 8.77. The Kier molecular flexibility index (Phi) is 3.57. The molecule has 0 spiro atoms. The number of hydrazine groups is 2. The number of para-hydroxylation sites is 1. The van der Waals surface area contributed by atoms with Gasteiger partial charge in [0.1, 0.15) is 0 Å². The Morgan fingerprint density at radius 2 is 1.67 bits per heavy atom. The molecule has 92 valence electrons. The van der Waals surface area contributed by atoms with Crippen LogP contribution in [0.3, 0.4) is 0 Å². The number of hydrogen-bond donors (Lipinski definition) is 4. The van der Waals surface area contributed by atoms with Gasteiger partial charge in [-0.2, -0.15) is 0 Å². The zero-order valence-corrected chi connectivity index (χ0v) is 9.68. The van der Waals surface area contributed by atoms with Crippen LogP contribution in [0.5, 0.6) is 0 Å². The van der Waals surface area contributed by atoms with Crippen molar-refractivity contribution < 1.29 is 4.79 Å². The Bertz CT molecular complexity index is 554. The summed E-state index contributed by atoms with van der Waals surface area (Å²) in [6.45, 7) is 0. The van der Waals surface area contributed by atoms with Gasteiger partial charge in [0.15, 0.2) is 0 Å². The van der Waals surface area contributed by atoms with E-state index < -0.39 is 0 Å². The van der Waals surface area contributed by atoms with Crippen molar-refractivity contribution >= 4 is 11.6 Å². The van der Waals surface area contributed by atoms with Gasteiger partial charge in [-0.05, 0) is 11.6 Å². The Morgan fingerprint density at radius 3 is 2.28 bits per heavy atom. The van der Waals surface area contributed by atoms with Crippen molar-refractivity contribution in [3.63, 3.8) is 0 Å². The van der Waals surface area contributed by atoms with E-state index in [9.17, 15) is 4.79 Å². The molecule has 2 aromatic carbocycles. The quantitative estimate of drug-likeness (QED) is 0.370. The topological polar surface area (TPSA) is 93.2 Å². The third kappa shape index (κ3) is 2.17. The van der Waals surface area contributed by atoms with Gasteiger partial charge in [-0.25, -0.2) is 5.84 Å². The molecule has 0 fully saturated rings. The van der Waals surface area contributed by atoms with Gasteiger partial charge in [0.25, 0.3) is 5.91 Å². The van der Waals surface area contributed by atoms with Gasteiger partial charge in [0, 0.05) is 5.56 Å². The van der Waals surface area contributed by atoms with Gasteiger partial charge >= 0.3 is 0 Å². The highest BCUT2D eigenvalue weighted by molar-refractivity contribution is 6.02. The number of nitrogen functional groups attached to an aromatic ring is 2. The van der Waals surface area contributed by atoms with E-state index in [4.69, 9.17) is 11.7 Å². The fourth-order valence-corrected chi connectivity index (χ4v) is 1.83. The van der Waals surface area contributed by atoms with Crippen molar-refractivity contribution in [1.29, 1.82) is 0 Å². The predicted molar refractivity (Wildman–Crippen MR) is 71.3 cm³/mol. The first-order valence-electron chi connectivity index (χ1n) is 5.44. The third-order valence-electron chi connectivity index (χ3n) is 2.67. The molecule has 0 aliphatic carbocycles. The summed E-state index contributed by atoms with van der Waals surface area (Å²) in [4.78, 5) is 11.6. The molecule has 0 saturated heterocycles. The number of nitrogens with one attached hydrogen (secondary N) is 2. The second-order valence-electron chi connectivity index (χ2n) is 3.71. The van der Waals surface area contributed by atoms with Gasteiger partial charge in [-0.15, -0.1) is 0 Å². The number of rotatable bonds is 3. The maximum absolute atomic E-state index is 11.6. The molecule has 0 heterocycles. The lowest BCUT2D eigenvalue weighted by molar-refractivity contribution is 0.0954. The van der Waals surface area contributed by atoms with Crippen LogP contribution in [0.4, 0.5) is 5.69 Å². The molecule has 0 aliphatic rings. The van der Waals surface area contributed by atoms with E-state index in [-0.39, 0.29) is 5.91 Å². The lowest BCUT2D eigenvalue weighted by Gasteiger charge is -2.13. The number of anilines is 1. The molecule has 2 rings (SSSR count). The van der Waals surface area contributed by atoms with Crippen LogP contribution in [-0.2, 0) is 0 Å². The minimum atomic E-state index is -0.388. The summed E-state index contributed by atoms with van der Waals surface area (Å²) < 4.78 is 0. The molecule has 0 atom stereocenters. The second kappa shape index (κ2) is 5.31. The SMILES string of the molecule is NNC(=O)c1cccc(-c2ccccc2)c1NN. The van der Waals surface area contributed by atoms with Crippen LogP contribution in [0, 0.1) is 0 Å². The monoisotopic (exact) mass is 242 g/mol. The van der Waals surface area contributed by atoms with Crippen LogP contribution in [0.15, 0.2) is 48.5 Å².